The van der Waals surface area contributed by atoms with E-state index in [1.54, 1.807) is 17.9 Å². The van der Waals surface area contributed by atoms with Crippen LogP contribution in [-0.4, -0.2) is 34.2 Å². The highest BCUT2D eigenvalue weighted by Gasteiger charge is 2.29. The summed E-state index contributed by atoms with van der Waals surface area (Å²) in [5.41, 5.74) is 1.02. The highest BCUT2D eigenvalue weighted by Crippen LogP contribution is 2.24. The zero-order valence-electron chi connectivity index (χ0n) is 10.6. The van der Waals surface area contributed by atoms with Crippen LogP contribution in [0.2, 0.25) is 0 Å². The second-order valence-corrected chi connectivity index (χ2v) is 5.02. The molecule has 1 aromatic carbocycles. The summed E-state index contributed by atoms with van der Waals surface area (Å²) in [6.45, 7) is 2.34. The van der Waals surface area contributed by atoms with Crippen LogP contribution in [0, 0.1) is 17.0 Å². The molecule has 2 rings (SSSR count). The van der Waals surface area contributed by atoms with E-state index in [9.17, 15) is 14.9 Å². The van der Waals surface area contributed by atoms with Crippen LogP contribution >= 0.6 is 11.6 Å². The smallest absolute Gasteiger partial charge is 0.272 e. The lowest BCUT2D eigenvalue weighted by Crippen LogP contribution is -2.36. The molecule has 0 N–H and O–H groups in total. The maximum atomic E-state index is 12.3. The van der Waals surface area contributed by atoms with Crippen molar-refractivity contribution in [2.24, 2.45) is 0 Å². The van der Waals surface area contributed by atoms with Crippen LogP contribution in [-0.2, 0) is 0 Å². The van der Waals surface area contributed by atoms with Crippen LogP contribution in [0.3, 0.4) is 0 Å². The van der Waals surface area contributed by atoms with Crippen molar-refractivity contribution in [3.63, 3.8) is 0 Å². The Kier molecular flexibility index (Phi) is 4.04. The molecular weight excluding hydrogens is 268 g/mol. The molecule has 0 radical (unpaired) electrons. The molecule has 0 aliphatic carbocycles. The van der Waals surface area contributed by atoms with Gasteiger partial charge in [-0.1, -0.05) is 0 Å². The van der Waals surface area contributed by atoms with Crippen LogP contribution in [0.4, 0.5) is 5.69 Å². The summed E-state index contributed by atoms with van der Waals surface area (Å²) in [5.74, 6) is 0.332. The lowest BCUT2D eigenvalue weighted by Gasteiger charge is -2.23. The van der Waals surface area contributed by atoms with Crippen molar-refractivity contribution in [2.75, 3.05) is 12.4 Å². The molecule has 1 aliphatic rings. The summed E-state index contributed by atoms with van der Waals surface area (Å²) in [4.78, 5) is 24.4. The molecule has 1 fully saturated rings. The molecule has 5 nitrogen and oxygen atoms in total. The zero-order valence-corrected chi connectivity index (χ0v) is 11.4. The molecule has 0 aromatic heterocycles. The quantitative estimate of drug-likeness (QED) is 0.486. The van der Waals surface area contributed by atoms with Crippen molar-refractivity contribution in [1.82, 2.24) is 4.90 Å². The van der Waals surface area contributed by atoms with Crippen LogP contribution in [0.25, 0.3) is 0 Å². The van der Waals surface area contributed by atoms with E-state index >= 15 is 0 Å². The molecule has 1 saturated heterocycles. The van der Waals surface area contributed by atoms with Crippen LogP contribution < -0.4 is 0 Å². The zero-order chi connectivity index (χ0) is 14.0. The van der Waals surface area contributed by atoms with E-state index in [1.807, 2.05) is 0 Å². The first-order chi connectivity index (χ1) is 9.04. The highest BCUT2D eigenvalue weighted by atomic mass is 35.5. The number of nitro benzene ring substituents is 1. The van der Waals surface area contributed by atoms with Crippen molar-refractivity contribution < 1.29 is 9.72 Å². The number of hydrogen-bond acceptors (Lipinski definition) is 3. The van der Waals surface area contributed by atoms with E-state index in [0.717, 1.165) is 12.8 Å². The van der Waals surface area contributed by atoms with E-state index in [0.29, 0.717) is 23.6 Å². The number of rotatable bonds is 3. The number of nitrogens with zero attached hydrogens (tertiary/aromatic N) is 2. The van der Waals surface area contributed by atoms with Gasteiger partial charge in [-0.25, -0.2) is 0 Å². The van der Waals surface area contributed by atoms with E-state index < -0.39 is 4.92 Å². The van der Waals surface area contributed by atoms with E-state index in [2.05, 4.69) is 0 Å². The first-order valence-electron chi connectivity index (χ1n) is 6.16. The molecule has 1 atom stereocenters. The SMILES string of the molecule is Cc1cc(C(=O)N2CCCC2CCl)ccc1[N+](=O)[O-]. The van der Waals surface area contributed by atoms with Crippen molar-refractivity contribution >= 4 is 23.2 Å². The topological polar surface area (TPSA) is 63.5 Å². The van der Waals surface area contributed by atoms with E-state index in [-0.39, 0.29) is 17.6 Å². The molecule has 1 unspecified atom stereocenters. The molecule has 0 saturated carbocycles. The van der Waals surface area contributed by atoms with Gasteiger partial charge in [0.25, 0.3) is 11.6 Å². The Balaban J connectivity index is 2.25. The predicted octanol–water partition coefficient (Wildman–Crippen LogP) is 2.75. The number of halogens is 1. The number of carbonyl (C=O) groups excluding carboxylic acids is 1. The monoisotopic (exact) mass is 282 g/mol. The fourth-order valence-electron chi connectivity index (χ4n) is 2.42. The molecule has 1 heterocycles. The van der Waals surface area contributed by atoms with Gasteiger partial charge in [0.1, 0.15) is 0 Å². The lowest BCUT2D eigenvalue weighted by molar-refractivity contribution is -0.385. The predicted molar refractivity (Wildman–Crippen MR) is 72.6 cm³/mol. The summed E-state index contributed by atoms with van der Waals surface area (Å²) < 4.78 is 0. The van der Waals surface area contributed by atoms with Gasteiger partial charge in [0.2, 0.25) is 0 Å². The van der Waals surface area contributed by atoms with Gasteiger partial charge < -0.3 is 4.90 Å². The molecule has 1 aliphatic heterocycles. The van der Waals surface area contributed by atoms with Crippen molar-refractivity contribution in [3.05, 3.63) is 39.4 Å². The van der Waals surface area contributed by atoms with Gasteiger partial charge >= 0.3 is 0 Å². The average molecular weight is 283 g/mol. The molecule has 1 amide bonds. The standard InChI is InChI=1S/C13H15ClN2O3/c1-9-7-10(4-5-12(9)16(18)19)13(17)15-6-2-3-11(15)8-14/h4-5,7,11H,2-3,6,8H2,1H3. The maximum Gasteiger partial charge on any atom is 0.272 e. The van der Waals surface area contributed by atoms with Gasteiger partial charge in [-0.05, 0) is 31.9 Å². The highest BCUT2D eigenvalue weighted by molar-refractivity contribution is 6.18. The number of nitro groups is 1. The summed E-state index contributed by atoms with van der Waals surface area (Å²) in [7, 11) is 0. The van der Waals surface area contributed by atoms with Crippen LogP contribution in [0.1, 0.15) is 28.8 Å². The third kappa shape index (κ3) is 2.71. The van der Waals surface area contributed by atoms with Gasteiger partial charge in [0.05, 0.1) is 4.92 Å². The molecule has 19 heavy (non-hydrogen) atoms. The Labute approximate surface area is 116 Å². The largest absolute Gasteiger partial charge is 0.334 e. The Hall–Kier alpha value is -1.62. The number of amides is 1. The average Bonchev–Trinajstić information content (AvgIpc) is 2.85. The number of hydrogen-bond donors (Lipinski definition) is 0. The van der Waals surface area contributed by atoms with Crippen LogP contribution in [0.15, 0.2) is 18.2 Å². The summed E-state index contributed by atoms with van der Waals surface area (Å²) >= 11 is 5.85. The number of benzene rings is 1. The van der Waals surface area contributed by atoms with E-state index in [4.69, 9.17) is 11.6 Å². The fourth-order valence-corrected chi connectivity index (χ4v) is 2.74. The first-order valence-corrected chi connectivity index (χ1v) is 6.70. The third-order valence-corrected chi connectivity index (χ3v) is 3.81. The van der Waals surface area contributed by atoms with Gasteiger partial charge in [0, 0.05) is 35.7 Å². The second kappa shape index (κ2) is 5.57. The first kappa shape index (κ1) is 13.8. The summed E-state index contributed by atoms with van der Waals surface area (Å²) in [6, 6.07) is 4.54. The number of carbonyl (C=O) groups is 1. The molecule has 0 spiro atoms. The van der Waals surface area contributed by atoms with Crippen molar-refractivity contribution in [3.8, 4) is 0 Å². The molecule has 1 aromatic rings. The van der Waals surface area contributed by atoms with Gasteiger partial charge in [0.15, 0.2) is 0 Å². The second-order valence-electron chi connectivity index (χ2n) is 4.71. The fraction of sp³-hybridized carbons (Fsp3) is 0.462. The third-order valence-electron chi connectivity index (χ3n) is 3.46. The van der Waals surface area contributed by atoms with Gasteiger partial charge in [-0.15, -0.1) is 11.6 Å². The maximum absolute atomic E-state index is 12.3. The number of aryl methyl sites for hydroxylation is 1. The Bertz CT molecular complexity index is 519. The molecule has 0 bridgehead atoms. The Morgan fingerprint density at radius 1 is 1.58 bits per heavy atom. The minimum absolute atomic E-state index is 0.0341. The Morgan fingerprint density at radius 2 is 2.32 bits per heavy atom. The molecule has 6 heteroatoms. The van der Waals surface area contributed by atoms with E-state index in [1.165, 1.54) is 12.1 Å². The normalized spacial score (nSPS) is 18.6. The lowest BCUT2D eigenvalue weighted by atomic mass is 10.1. The van der Waals surface area contributed by atoms with Crippen molar-refractivity contribution in [2.45, 2.75) is 25.8 Å². The number of likely N-dealkylation sites (tertiary alicyclic amines) is 1. The summed E-state index contributed by atoms with van der Waals surface area (Å²) in [5, 5.41) is 10.8. The van der Waals surface area contributed by atoms with Gasteiger partial charge in [-0.3, -0.25) is 14.9 Å². The minimum Gasteiger partial charge on any atom is -0.334 e. The minimum atomic E-state index is -0.443. The number of alkyl halides is 1. The van der Waals surface area contributed by atoms with Crippen LogP contribution in [0.5, 0.6) is 0 Å². The molecule has 102 valence electrons. The molecular formula is C13H15ClN2O3. The summed E-state index contributed by atoms with van der Waals surface area (Å²) in [6.07, 6.45) is 1.87. The van der Waals surface area contributed by atoms with Crippen molar-refractivity contribution in [1.29, 1.82) is 0 Å². The van der Waals surface area contributed by atoms with Gasteiger partial charge in [-0.2, -0.15) is 0 Å². The Morgan fingerprint density at radius 3 is 2.89 bits per heavy atom.